The number of fused-ring (bicyclic) bond motifs is 1. The van der Waals surface area contributed by atoms with Crippen LogP contribution < -0.4 is 10.1 Å². The minimum Gasteiger partial charge on any atom is -0.478 e. The molecule has 0 bridgehead atoms. The summed E-state index contributed by atoms with van der Waals surface area (Å²) < 4.78 is 45.8. The maximum Gasteiger partial charge on any atom is 0.427 e. The van der Waals surface area contributed by atoms with Gasteiger partial charge in [-0.1, -0.05) is 36.4 Å². The van der Waals surface area contributed by atoms with Crippen LogP contribution in [0.3, 0.4) is 0 Å². The van der Waals surface area contributed by atoms with E-state index in [1.165, 1.54) is 18.5 Å². The number of ether oxygens (including phenoxy) is 1. The molecule has 190 valence electrons. The van der Waals surface area contributed by atoms with Crippen molar-refractivity contribution >= 4 is 11.7 Å². The molecule has 1 aliphatic rings. The summed E-state index contributed by atoms with van der Waals surface area (Å²) in [6.45, 7) is 3.28. The lowest BCUT2D eigenvalue weighted by atomic mass is 9.89. The summed E-state index contributed by atoms with van der Waals surface area (Å²) in [5.74, 6) is -0.861. The molecule has 0 spiro atoms. The van der Waals surface area contributed by atoms with Gasteiger partial charge in [-0.2, -0.15) is 13.2 Å². The lowest BCUT2D eigenvalue weighted by Crippen LogP contribution is -2.44. The molecule has 4 rings (SSSR count). The van der Waals surface area contributed by atoms with Gasteiger partial charge in [0.05, 0.1) is 23.5 Å². The first-order valence-corrected chi connectivity index (χ1v) is 11.6. The molecule has 3 aromatic rings. The van der Waals surface area contributed by atoms with E-state index in [4.69, 9.17) is 4.74 Å². The average Bonchev–Trinajstić information content (AvgIpc) is 2.82. The highest BCUT2D eigenvalue weighted by Crippen LogP contribution is 2.40. The number of likely N-dealkylation sites (N-methyl/N-ethyl adjacent to an activating group) is 1. The van der Waals surface area contributed by atoms with Crippen molar-refractivity contribution in [2.45, 2.75) is 38.1 Å². The average molecular weight is 500 g/mol. The number of aromatic carboxylic acids is 1. The summed E-state index contributed by atoms with van der Waals surface area (Å²) in [4.78, 5) is 17.7. The molecule has 1 aromatic heterocycles. The van der Waals surface area contributed by atoms with Crippen LogP contribution in [0.4, 0.5) is 18.9 Å². The van der Waals surface area contributed by atoms with Crippen LogP contribution >= 0.6 is 0 Å². The van der Waals surface area contributed by atoms with Crippen LogP contribution in [-0.2, 0) is 6.42 Å². The number of halogens is 3. The first-order chi connectivity index (χ1) is 17.0. The van der Waals surface area contributed by atoms with Gasteiger partial charge in [0.2, 0.25) is 0 Å². The predicted octanol–water partition coefficient (Wildman–Crippen LogP) is 5.81. The van der Waals surface area contributed by atoms with E-state index in [-0.39, 0.29) is 17.4 Å². The molecule has 2 N–H and O–H groups in total. The number of hydrogen-bond donors (Lipinski definition) is 2. The monoisotopic (exact) mass is 499 g/mol. The second kappa shape index (κ2) is 9.81. The third kappa shape index (κ3) is 5.16. The van der Waals surface area contributed by atoms with Gasteiger partial charge in [0.1, 0.15) is 5.75 Å². The Kier molecular flexibility index (Phi) is 6.95. The Balaban J connectivity index is 1.62. The standard InChI is InChI=1S/C27H28F3N3O3/c1-26(2,27(28,29)30)36-24-7-5-4-6-20(24)17-8-9-19-18(14-17)11-13-33(3)23(19)16-32-22-15-31-12-10-21(22)25(34)35/h4-10,12,14-15,23,32H,11,13,16H2,1-3H3,(H,34,35)/t23-/m0/s1. The van der Waals surface area contributed by atoms with Gasteiger partial charge in [0.15, 0.2) is 5.60 Å². The predicted molar refractivity (Wildman–Crippen MR) is 131 cm³/mol. The van der Waals surface area contributed by atoms with Gasteiger partial charge < -0.3 is 15.2 Å². The smallest absolute Gasteiger partial charge is 0.427 e. The SMILES string of the molecule is CN1CCc2cc(-c3ccccc3OC(C)(C)C(F)(F)F)ccc2[C@@H]1CNc1cnccc1C(=O)O. The largest absolute Gasteiger partial charge is 0.478 e. The molecule has 0 amide bonds. The lowest BCUT2D eigenvalue weighted by molar-refractivity contribution is -0.234. The molecule has 9 heteroatoms. The third-order valence-corrected chi connectivity index (χ3v) is 6.55. The van der Waals surface area contributed by atoms with Crippen molar-refractivity contribution in [1.82, 2.24) is 9.88 Å². The molecule has 2 aromatic carbocycles. The summed E-state index contributed by atoms with van der Waals surface area (Å²) in [6, 6.07) is 14.0. The number of anilines is 1. The van der Waals surface area contributed by atoms with E-state index in [2.05, 4.69) is 15.2 Å². The fourth-order valence-corrected chi connectivity index (χ4v) is 4.33. The minimum absolute atomic E-state index is 0.0275. The van der Waals surface area contributed by atoms with Crippen LogP contribution in [0.2, 0.25) is 0 Å². The lowest BCUT2D eigenvalue weighted by Gasteiger charge is -2.35. The summed E-state index contributed by atoms with van der Waals surface area (Å²) in [5, 5.41) is 12.7. The van der Waals surface area contributed by atoms with Crippen molar-refractivity contribution < 1.29 is 27.8 Å². The van der Waals surface area contributed by atoms with Crippen molar-refractivity contribution in [1.29, 1.82) is 0 Å². The van der Waals surface area contributed by atoms with E-state index in [9.17, 15) is 23.1 Å². The molecule has 0 unspecified atom stereocenters. The van der Waals surface area contributed by atoms with Crippen LogP contribution in [-0.4, -0.2) is 52.9 Å². The van der Waals surface area contributed by atoms with E-state index in [0.29, 0.717) is 17.8 Å². The van der Waals surface area contributed by atoms with Crippen molar-refractivity contribution in [3.05, 3.63) is 77.6 Å². The maximum atomic E-state index is 13.5. The number of alkyl halides is 3. The van der Waals surface area contributed by atoms with Crippen molar-refractivity contribution in [3.63, 3.8) is 0 Å². The zero-order chi connectivity index (χ0) is 26.1. The van der Waals surface area contributed by atoms with Crippen molar-refractivity contribution in [2.24, 2.45) is 0 Å². The fraction of sp³-hybridized carbons (Fsp3) is 0.333. The van der Waals surface area contributed by atoms with Crippen molar-refractivity contribution in [2.75, 3.05) is 25.5 Å². The van der Waals surface area contributed by atoms with E-state index in [1.54, 1.807) is 24.3 Å². The van der Waals surface area contributed by atoms with Crippen LogP contribution in [0.15, 0.2) is 60.9 Å². The van der Waals surface area contributed by atoms with E-state index in [0.717, 1.165) is 43.5 Å². The summed E-state index contributed by atoms with van der Waals surface area (Å²) in [6.07, 6.45) is -0.804. The summed E-state index contributed by atoms with van der Waals surface area (Å²) in [7, 11) is 2.01. The number of benzene rings is 2. The van der Waals surface area contributed by atoms with Gasteiger partial charge in [-0.15, -0.1) is 0 Å². The number of para-hydroxylation sites is 1. The van der Waals surface area contributed by atoms with E-state index >= 15 is 0 Å². The maximum absolute atomic E-state index is 13.5. The van der Waals surface area contributed by atoms with E-state index in [1.807, 2.05) is 25.2 Å². The van der Waals surface area contributed by atoms with Gasteiger partial charge >= 0.3 is 12.1 Å². The number of pyridine rings is 1. The molecule has 1 atom stereocenters. The Hall–Kier alpha value is -3.59. The zero-order valence-corrected chi connectivity index (χ0v) is 20.3. The quantitative estimate of drug-likeness (QED) is 0.428. The molecule has 36 heavy (non-hydrogen) atoms. The van der Waals surface area contributed by atoms with Gasteiger partial charge in [0, 0.05) is 24.8 Å². The first kappa shape index (κ1) is 25.5. The zero-order valence-electron chi connectivity index (χ0n) is 20.3. The molecular formula is C27H28F3N3O3. The molecule has 0 radical (unpaired) electrons. The van der Waals surface area contributed by atoms with Gasteiger partial charge in [-0.05, 0) is 56.1 Å². The molecule has 0 saturated carbocycles. The number of hydrogen-bond acceptors (Lipinski definition) is 5. The molecule has 0 saturated heterocycles. The van der Waals surface area contributed by atoms with Crippen LogP contribution in [0.5, 0.6) is 5.75 Å². The third-order valence-electron chi connectivity index (χ3n) is 6.55. The number of rotatable bonds is 7. The van der Waals surface area contributed by atoms with Crippen molar-refractivity contribution in [3.8, 4) is 16.9 Å². The van der Waals surface area contributed by atoms with Crippen LogP contribution in [0.1, 0.15) is 41.4 Å². The summed E-state index contributed by atoms with van der Waals surface area (Å²) >= 11 is 0. The molecule has 0 fully saturated rings. The highest BCUT2D eigenvalue weighted by atomic mass is 19.4. The fourth-order valence-electron chi connectivity index (χ4n) is 4.33. The summed E-state index contributed by atoms with van der Waals surface area (Å²) in [5.41, 5.74) is 1.80. The number of aromatic nitrogens is 1. The number of nitrogens with one attached hydrogen (secondary N) is 1. The minimum atomic E-state index is -4.52. The molecule has 2 heterocycles. The number of carboxylic acid groups (broad SMARTS) is 1. The van der Waals surface area contributed by atoms with Gasteiger partial charge in [0.25, 0.3) is 0 Å². The second-order valence-corrected chi connectivity index (χ2v) is 9.37. The van der Waals surface area contributed by atoms with E-state index < -0.39 is 17.7 Å². The van der Waals surface area contributed by atoms with Gasteiger partial charge in [-0.25, -0.2) is 4.79 Å². The van der Waals surface area contributed by atoms with Crippen LogP contribution in [0, 0.1) is 0 Å². The Morgan fingerprint density at radius 1 is 1.19 bits per heavy atom. The highest BCUT2D eigenvalue weighted by molar-refractivity contribution is 5.93. The second-order valence-electron chi connectivity index (χ2n) is 9.37. The topological polar surface area (TPSA) is 74.7 Å². The Morgan fingerprint density at radius 2 is 1.94 bits per heavy atom. The first-order valence-electron chi connectivity index (χ1n) is 11.6. The molecule has 0 aliphatic carbocycles. The highest BCUT2D eigenvalue weighted by Gasteiger charge is 2.50. The Morgan fingerprint density at radius 3 is 2.67 bits per heavy atom. The molecule has 6 nitrogen and oxygen atoms in total. The Labute approximate surface area is 207 Å². The number of carboxylic acids is 1. The Bertz CT molecular complexity index is 1260. The van der Waals surface area contributed by atoms with Gasteiger partial charge in [-0.3, -0.25) is 9.88 Å². The molecule has 1 aliphatic heterocycles. The van der Waals surface area contributed by atoms with Crippen LogP contribution in [0.25, 0.3) is 11.1 Å². The normalized spacial score (nSPS) is 16.3. The number of nitrogens with zero attached hydrogens (tertiary/aromatic N) is 2. The molecular weight excluding hydrogens is 471 g/mol. The number of carbonyl (C=O) groups is 1.